The molecule has 0 aliphatic carbocycles. The molecule has 0 spiro atoms. The summed E-state index contributed by atoms with van der Waals surface area (Å²) in [6.45, 7) is 3.63. The van der Waals surface area contributed by atoms with E-state index in [1.165, 1.54) is 0 Å². The van der Waals surface area contributed by atoms with Crippen LogP contribution in [0.4, 0.5) is 5.69 Å². The number of rotatable bonds is 5. The molecule has 0 aromatic heterocycles. The fraction of sp³-hybridized carbons (Fsp3) is 0.417. The monoisotopic (exact) mass is 221 g/mol. The van der Waals surface area contributed by atoms with Gasteiger partial charge in [-0.1, -0.05) is 18.2 Å². The van der Waals surface area contributed by atoms with Crippen LogP contribution in [-0.4, -0.2) is 37.5 Å². The van der Waals surface area contributed by atoms with Gasteiger partial charge in [0.15, 0.2) is 0 Å². The Morgan fingerprint density at radius 1 is 1.44 bits per heavy atom. The molecular weight excluding hydrogens is 202 g/mol. The Morgan fingerprint density at radius 2 is 2.12 bits per heavy atom. The first-order chi connectivity index (χ1) is 7.63. The molecule has 0 saturated heterocycles. The lowest BCUT2D eigenvalue weighted by atomic mass is 10.2. The van der Waals surface area contributed by atoms with Crippen molar-refractivity contribution in [3.8, 4) is 0 Å². The summed E-state index contributed by atoms with van der Waals surface area (Å²) in [6, 6.07) is 7.73. The number of hydrogen-bond donors (Lipinski definition) is 2. The van der Waals surface area contributed by atoms with Gasteiger partial charge in [0.25, 0.3) is 0 Å². The molecule has 1 aromatic rings. The van der Waals surface area contributed by atoms with Crippen LogP contribution in [0.15, 0.2) is 24.3 Å². The first kappa shape index (κ1) is 12.7. The number of nitrogens with zero attached hydrogens (tertiary/aromatic N) is 1. The summed E-state index contributed by atoms with van der Waals surface area (Å²) in [5.41, 5.74) is 7.34. The Hall–Kier alpha value is -1.39. The fourth-order valence-corrected chi connectivity index (χ4v) is 1.45. The molecule has 3 N–H and O–H groups in total. The molecule has 0 atom stereocenters. The van der Waals surface area contributed by atoms with Crippen molar-refractivity contribution in [2.75, 3.05) is 32.0 Å². The minimum atomic E-state index is -0.00903. The first-order valence-electron chi connectivity index (χ1n) is 5.37. The number of likely N-dealkylation sites (N-methyl/N-ethyl adjacent to an activating group) is 1. The largest absolute Gasteiger partial charge is 0.329 e. The highest BCUT2D eigenvalue weighted by Crippen LogP contribution is 2.12. The van der Waals surface area contributed by atoms with Gasteiger partial charge in [0.2, 0.25) is 5.91 Å². The molecular formula is C12H19N3O. The van der Waals surface area contributed by atoms with Gasteiger partial charge in [-0.2, -0.15) is 0 Å². The molecule has 0 aliphatic rings. The number of hydrogen-bond acceptors (Lipinski definition) is 3. The molecule has 0 unspecified atom stereocenters. The fourth-order valence-electron chi connectivity index (χ4n) is 1.45. The van der Waals surface area contributed by atoms with E-state index >= 15 is 0 Å². The van der Waals surface area contributed by atoms with Crippen molar-refractivity contribution in [1.29, 1.82) is 0 Å². The highest BCUT2D eigenvalue weighted by atomic mass is 16.2. The Bertz CT molecular complexity index is 352. The minimum absolute atomic E-state index is 0.00903. The summed E-state index contributed by atoms with van der Waals surface area (Å²) < 4.78 is 0. The number of amides is 1. The van der Waals surface area contributed by atoms with Gasteiger partial charge in [0, 0.05) is 18.8 Å². The molecule has 1 aromatic carbocycles. The quantitative estimate of drug-likeness (QED) is 0.774. The predicted molar refractivity (Wildman–Crippen MR) is 66.4 cm³/mol. The van der Waals surface area contributed by atoms with Gasteiger partial charge in [-0.05, 0) is 25.6 Å². The van der Waals surface area contributed by atoms with Crippen molar-refractivity contribution >= 4 is 11.6 Å². The van der Waals surface area contributed by atoms with Crippen LogP contribution < -0.4 is 11.1 Å². The molecule has 0 saturated carbocycles. The normalized spacial score (nSPS) is 10.5. The number of nitrogens with one attached hydrogen (secondary N) is 1. The van der Waals surface area contributed by atoms with Gasteiger partial charge in [0.1, 0.15) is 0 Å². The van der Waals surface area contributed by atoms with Crippen molar-refractivity contribution < 1.29 is 4.79 Å². The SMILES string of the molecule is Cc1ccccc1NC(=O)CN(C)CCN. The molecule has 0 fully saturated rings. The molecule has 4 nitrogen and oxygen atoms in total. The molecule has 88 valence electrons. The zero-order valence-electron chi connectivity index (χ0n) is 9.86. The lowest BCUT2D eigenvalue weighted by Gasteiger charge is -2.15. The summed E-state index contributed by atoms with van der Waals surface area (Å²) in [5, 5.41) is 2.88. The summed E-state index contributed by atoms with van der Waals surface area (Å²) in [6.07, 6.45) is 0. The summed E-state index contributed by atoms with van der Waals surface area (Å²) in [4.78, 5) is 13.6. The molecule has 0 bridgehead atoms. The highest BCUT2D eigenvalue weighted by molar-refractivity contribution is 5.92. The van der Waals surface area contributed by atoms with E-state index in [2.05, 4.69) is 5.32 Å². The van der Waals surface area contributed by atoms with E-state index in [-0.39, 0.29) is 5.91 Å². The van der Waals surface area contributed by atoms with E-state index < -0.39 is 0 Å². The van der Waals surface area contributed by atoms with Crippen LogP contribution in [0, 0.1) is 6.92 Å². The summed E-state index contributed by atoms with van der Waals surface area (Å²) in [5.74, 6) is -0.00903. The predicted octanol–water partition coefficient (Wildman–Crippen LogP) is 0.824. The van der Waals surface area contributed by atoms with Crippen LogP contribution in [0.5, 0.6) is 0 Å². The lowest BCUT2D eigenvalue weighted by Crippen LogP contribution is -2.33. The third-order valence-corrected chi connectivity index (χ3v) is 2.34. The maximum absolute atomic E-state index is 11.7. The van der Waals surface area contributed by atoms with Crippen LogP contribution in [0.25, 0.3) is 0 Å². The number of para-hydroxylation sites is 1. The lowest BCUT2D eigenvalue weighted by molar-refractivity contribution is -0.117. The van der Waals surface area contributed by atoms with E-state index in [1.807, 2.05) is 43.1 Å². The van der Waals surface area contributed by atoms with E-state index in [9.17, 15) is 4.79 Å². The molecule has 16 heavy (non-hydrogen) atoms. The Balaban J connectivity index is 2.49. The third kappa shape index (κ3) is 4.00. The zero-order chi connectivity index (χ0) is 12.0. The topological polar surface area (TPSA) is 58.4 Å². The number of anilines is 1. The second-order valence-electron chi connectivity index (χ2n) is 3.89. The standard InChI is InChI=1S/C12H19N3O/c1-10-5-3-4-6-11(10)14-12(16)9-15(2)8-7-13/h3-6H,7-9,13H2,1-2H3,(H,14,16). The Morgan fingerprint density at radius 3 is 2.75 bits per heavy atom. The number of nitrogens with two attached hydrogens (primary N) is 1. The molecule has 1 rings (SSSR count). The molecule has 0 heterocycles. The maximum Gasteiger partial charge on any atom is 0.238 e. The van der Waals surface area contributed by atoms with Gasteiger partial charge in [-0.25, -0.2) is 0 Å². The molecule has 0 radical (unpaired) electrons. The van der Waals surface area contributed by atoms with E-state index in [4.69, 9.17) is 5.73 Å². The molecule has 1 amide bonds. The summed E-state index contributed by atoms with van der Waals surface area (Å²) >= 11 is 0. The number of benzene rings is 1. The smallest absolute Gasteiger partial charge is 0.238 e. The second kappa shape index (κ2) is 6.25. The van der Waals surface area contributed by atoms with Crippen LogP contribution in [0.3, 0.4) is 0 Å². The highest BCUT2D eigenvalue weighted by Gasteiger charge is 2.06. The average molecular weight is 221 g/mol. The Labute approximate surface area is 96.4 Å². The average Bonchev–Trinajstić information content (AvgIpc) is 2.21. The van der Waals surface area contributed by atoms with Crippen molar-refractivity contribution in [3.05, 3.63) is 29.8 Å². The molecule has 4 heteroatoms. The van der Waals surface area contributed by atoms with Crippen molar-refractivity contribution in [1.82, 2.24) is 4.90 Å². The number of carbonyl (C=O) groups excluding carboxylic acids is 1. The van der Waals surface area contributed by atoms with Crippen molar-refractivity contribution in [2.45, 2.75) is 6.92 Å². The maximum atomic E-state index is 11.7. The van der Waals surface area contributed by atoms with E-state index in [0.717, 1.165) is 17.8 Å². The van der Waals surface area contributed by atoms with E-state index in [1.54, 1.807) is 0 Å². The van der Waals surface area contributed by atoms with Crippen molar-refractivity contribution in [2.24, 2.45) is 5.73 Å². The van der Waals surface area contributed by atoms with Gasteiger partial charge >= 0.3 is 0 Å². The zero-order valence-corrected chi connectivity index (χ0v) is 9.86. The minimum Gasteiger partial charge on any atom is -0.329 e. The number of carbonyl (C=O) groups is 1. The second-order valence-corrected chi connectivity index (χ2v) is 3.89. The summed E-state index contributed by atoms with van der Waals surface area (Å²) in [7, 11) is 1.88. The molecule has 0 aliphatic heterocycles. The first-order valence-corrected chi connectivity index (χ1v) is 5.37. The van der Waals surface area contributed by atoms with Gasteiger partial charge < -0.3 is 11.1 Å². The van der Waals surface area contributed by atoms with Crippen molar-refractivity contribution in [3.63, 3.8) is 0 Å². The third-order valence-electron chi connectivity index (χ3n) is 2.34. The van der Waals surface area contributed by atoms with Gasteiger partial charge in [-0.15, -0.1) is 0 Å². The van der Waals surface area contributed by atoms with Crippen LogP contribution in [0.2, 0.25) is 0 Å². The van der Waals surface area contributed by atoms with Crippen LogP contribution in [-0.2, 0) is 4.79 Å². The number of aryl methyl sites for hydroxylation is 1. The van der Waals surface area contributed by atoms with Crippen LogP contribution in [0.1, 0.15) is 5.56 Å². The van der Waals surface area contributed by atoms with Crippen LogP contribution >= 0.6 is 0 Å². The van der Waals surface area contributed by atoms with E-state index in [0.29, 0.717) is 13.1 Å². The Kier molecular flexibility index (Phi) is 4.95. The van der Waals surface area contributed by atoms with Gasteiger partial charge in [0.05, 0.1) is 6.54 Å². The van der Waals surface area contributed by atoms with Gasteiger partial charge in [-0.3, -0.25) is 9.69 Å².